The van der Waals surface area contributed by atoms with Crippen LogP contribution >= 0.6 is 23.1 Å². The average Bonchev–Trinajstić information content (AvgIpc) is 3.08. The van der Waals surface area contributed by atoms with Gasteiger partial charge in [-0.1, -0.05) is 53.7 Å². The number of hydrogen-bond donors (Lipinski definition) is 1. The molecule has 0 unspecified atom stereocenters. The van der Waals surface area contributed by atoms with Crippen molar-refractivity contribution in [3.63, 3.8) is 0 Å². The minimum absolute atomic E-state index is 0.0786. The largest absolute Gasteiger partial charge is 0.325 e. The maximum atomic E-state index is 12.4. The second-order valence-electron chi connectivity index (χ2n) is 6.84. The molecule has 146 valence electrons. The second kappa shape index (κ2) is 8.31. The molecule has 0 radical (unpaired) electrons. The number of thioether (sulfide) groups is 1. The van der Waals surface area contributed by atoms with E-state index in [4.69, 9.17) is 0 Å². The third-order valence-electron chi connectivity index (χ3n) is 4.36. The summed E-state index contributed by atoms with van der Waals surface area (Å²) < 4.78 is 1.00. The average molecular weight is 421 g/mol. The zero-order chi connectivity index (χ0) is 20.4. The van der Waals surface area contributed by atoms with Crippen LogP contribution in [-0.4, -0.2) is 26.8 Å². The van der Waals surface area contributed by atoms with Crippen LogP contribution in [0.2, 0.25) is 0 Å². The number of thiazole rings is 1. The minimum atomic E-state index is -0.0786. The van der Waals surface area contributed by atoms with Gasteiger partial charge in [0.1, 0.15) is 16.2 Å². The van der Waals surface area contributed by atoms with Crippen molar-refractivity contribution in [2.75, 3.05) is 11.1 Å². The van der Waals surface area contributed by atoms with E-state index in [1.165, 1.54) is 17.3 Å². The summed E-state index contributed by atoms with van der Waals surface area (Å²) in [5.41, 5.74) is 5.76. The molecule has 29 heavy (non-hydrogen) atoms. The molecule has 0 spiro atoms. The lowest BCUT2D eigenvalue weighted by Crippen LogP contribution is -2.14. The summed E-state index contributed by atoms with van der Waals surface area (Å²) in [6.07, 6.45) is 0. The van der Waals surface area contributed by atoms with Crippen molar-refractivity contribution >= 4 is 44.9 Å². The zero-order valence-electron chi connectivity index (χ0n) is 16.4. The molecule has 0 aliphatic carbocycles. The Kier molecular flexibility index (Phi) is 5.60. The Morgan fingerprint density at radius 2 is 1.83 bits per heavy atom. The highest BCUT2D eigenvalue weighted by Gasteiger charge is 2.17. The van der Waals surface area contributed by atoms with Crippen LogP contribution in [0.15, 0.2) is 53.6 Å². The molecule has 2 aromatic carbocycles. The van der Waals surface area contributed by atoms with Gasteiger partial charge in [0.15, 0.2) is 0 Å². The highest BCUT2D eigenvalue weighted by atomic mass is 32.2. The topological polar surface area (TPSA) is 67.8 Å². The molecule has 0 aliphatic heterocycles. The van der Waals surface area contributed by atoms with Crippen LogP contribution in [-0.2, 0) is 4.79 Å². The molecule has 4 aromatic rings. The van der Waals surface area contributed by atoms with Crippen molar-refractivity contribution in [2.24, 2.45) is 0 Å². The summed E-state index contributed by atoms with van der Waals surface area (Å²) in [6.45, 7) is 6.03. The predicted octanol–water partition coefficient (Wildman–Crippen LogP) is 5.41. The van der Waals surface area contributed by atoms with E-state index in [0.29, 0.717) is 5.03 Å². The van der Waals surface area contributed by atoms with E-state index < -0.39 is 0 Å². The third-order valence-corrected chi connectivity index (χ3v) is 6.29. The number of fused-ring (bicyclic) bond motifs is 1. The fourth-order valence-electron chi connectivity index (χ4n) is 2.97. The Morgan fingerprint density at radius 3 is 2.59 bits per heavy atom. The van der Waals surface area contributed by atoms with Gasteiger partial charge in [-0.15, -0.1) is 21.5 Å². The number of benzene rings is 2. The van der Waals surface area contributed by atoms with Gasteiger partial charge < -0.3 is 5.32 Å². The lowest BCUT2D eigenvalue weighted by Gasteiger charge is -2.07. The Morgan fingerprint density at radius 1 is 1.03 bits per heavy atom. The molecule has 0 saturated heterocycles. The number of nitrogens with one attached hydrogen (secondary N) is 1. The van der Waals surface area contributed by atoms with Crippen LogP contribution < -0.4 is 5.32 Å². The Bertz CT molecular complexity index is 1190. The maximum Gasteiger partial charge on any atom is 0.234 e. The number of amides is 1. The van der Waals surface area contributed by atoms with Gasteiger partial charge in [-0.25, -0.2) is 4.98 Å². The summed E-state index contributed by atoms with van der Waals surface area (Å²) in [6, 6.07) is 16.0. The van der Waals surface area contributed by atoms with Gasteiger partial charge in [0, 0.05) is 11.3 Å². The van der Waals surface area contributed by atoms with Gasteiger partial charge in [0.2, 0.25) is 5.91 Å². The number of hydrogen-bond acceptors (Lipinski definition) is 6. The van der Waals surface area contributed by atoms with Crippen molar-refractivity contribution < 1.29 is 4.79 Å². The number of anilines is 1. The molecule has 0 fully saturated rings. The number of aromatic nitrogens is 3. The fourth-order valence-corrected chi connectivity index (χ4v) is 4.69. The molecule has 0 bridgehead atoms. The van der Waals surface area contributed by atoms with Gasteiger partial charge >= 0.3 is 0 Å². The summed E-state index contributed by atoms with van der Waals surface area (Å²) >= 11 is 2.96. The standard InChI is InChI=1S/C22H20N4OS2/c1-13-7-9-16(10-8-13)19-21-20(23-15(3)29-21)22(26-25-19)28-12-18(27)24-17-6-4-5-14(2)11-17/h4-11H,12H2,1-3H3,(H,24,27). The van der Waals surface area contributed by atoms with Crippen LogP contribution in [0.5, 0.6) is 0 Å². The van der Waals surface area contributed by atoms with Gasteiger partial charge in [0.05, 0.1) is 15.5 Å². The fraction of sp³-hybridized carbons (Fsp3) is 0.182. The molecule has 5 nitrogen and oxygen atoms in total. The first-order valence-electron chi connectivity index (χ1n) is 9.20. The monoisotopic (exact) mass is 420 g/mol. The number of nitrogens with zero attached hydrogens (tertiary/aromatic N) is 3. The van der Waals surface area contributed by atoms with Gasteiger partial charge in [-0.2, -0.15) is 0 Å². The van der Waals surface area contributed by atoms with E-state index in [1.807, 2.05) is 38.1 Å². The summed E-state index contributed by atoms with van der Waals surface area (Å²) in [5, 5.41) is 13.4. The molecule has 4 rings (SSSR count). The molecule has 0 aliphatic rings. The van der Waals surface area contributed by atoms with Crippen molar-refractivity contribution in [2.45, 2.75) is 25.8 Å². The summed E-state index contributed by atoms with van der Waals surface area (Å²) in [4.78, 5) is 17.0. The quantitative estimate of drug-likeness (QED) is 0.437. The van der Waals surface area contributed by atoms with Crippen molar-refractivity contribution in [3.05, 3.63) is 64.7 Å². The van der Waals surface area contributed by atoms with Crippen LogP contribution in [0.3, 0.4) is 0 Å². The van der Waals surface area contributed by atoms with Crippen molar-refractivity contribution in [1.29, 1.82) is 0 Å². The minimum Gasteiger partial charge on any atom is -0.325 e. The predicted molar refractivity (Wildman–Crippen MR) is 121 cm³/mol. The summed E-state index contributed by atoms with van der Waals surface area (Å²) in [5.74, 6) is 0.170. The molecule has 1 N–H and O–H groups in total. The van der Waals surface area contributed by atoms with Crippen LogP contribution in [0.4, 0.5) is 5.69 Å². The first kappa shape index (κ1) is 19.5. The van der Waals surface area contributed by atoms with Crippen LogP contribution in [0.25, 0.3) is 21.5 Å². The van der Waals surface area contributed by atoms with E-state index >= 15 is 0 Å². The van der Waals surface area contributed by atoms with Gasteiger partial charge in [-0.05, 0) is 38.5 Å². The molecule has 0 atom stereocenters. The van der Waals surface area contributed by atoms with E-state index in [1.54, 1.807) is 11.3 Å². The first-order valence-corrected chi connectivity index (χ1v) is 11.0. The molecule has 0 saturated carbocycles. The smallest absolute Gasteiger partial charge is 0.234 e. The Balaban J connectivity index is 1.56. The molecular weight excluding hydrogens is 400 g/mol. The lowest BCUT2D eigenvalue weighted by atomic mass is 10.1. The molecule has 1 amide bonds. The molecule has 7 heteroatoms. The van der Waals surface area contributed by atoms with Crippen LogP contribution in [0, 0.1) is 20.8 Å². The number of carbonyl (C=O) groups excluding carboxylic acids is 1. The Labute approximate surface area is 177 Å². The Hall–Kier alpha value is -2.77. The van der Waals surface area contributed by atoms with Gasteiger partial charge in [0.25, 0.3) is 0 Å². The second-order valence-corrected chi connectivity index (χ2v) is 9.00. The molecule has 2 aromatic heterocycles. The van der Waals surface area contributed by atoms with Crippen LogP contribution in [0.1, 0.15) is 16.1 Å². The number of carbonyl (C=O) groups is 1. The highest BCUT2D eigenvalue weighted by Crippen LogP contribution is 2.35. The van der Waals surface area contributed by atoms with E-state index in [2.05, 4.69) is 51.7 Å². The van der Waals surface area contributed by atoms with E-state index in [-0.39, 0.29) is 11.7 Å². The SMILES string of the molecule is Cc1ccc(-c2nnc(SCC(=O)Nc3cccc(C)c3)c3nc(C)sc23)cc1. The highest BCUT2D eigenvalue weighted by molar-refractivity contribution is 8.00. The van der Waals surface area contributed by atoms with Crippen molar-refractivity contribution in [3.8, 4) is 11.3 Å². The van der Waals surface area contributed by atoms with E-state index in [0.717, 1.165) is 37.7 Å². The normalized spacial score (nSPS) is 11.0. The first-order chi connectivity index (χ1) is 14.0. The number of rotatable bonds is 5. The van der Waals surface area contributed by atoms with Crippen molar-refractivity contribution in [1.82, 2.24) is 15.2 Å². The van der Waals surface area contributed by atoms with Gasteiger partial charge in [-0.3, -0.25) is 4.79 Å². The zero-order valence-corrected chi connectivity index (χ0v) is 18.0. The lowest BCUT2D eigenvalue weighted by molar-refractivity contribution is -0.113. The molecule has 2 heterocycles. The summed E-state index contributed by atoms with van der Waals surface area (Å²) in [7, 11) is 0. The number of aryl methyl sites for hydroxylation is 3. The van der Waals surface area contributed by atoms with E-state index in [9.17, 15) is 4.79 Å². The maximum absolute atomic E-state index is 12.4. The third kappa shape index (κ3) is 4.46. The molecular formula is C22H20N4OS2.